The second kappa shape index (κ2) is 7.56. The van der Waals surface area contributed by atoms with E-state index in [4.69, 9.17) is 5.11 Å². The van der Waals surface area contributed by atoms with Crippen molar-refractivity contribution in [3.8, 4) is 0 Å². The summed E-state index contributed by atoms with van der Waals surface area (Å²) in [5, 5.41) is 11.6. The third-order valence-electron chi connectivity index (χ3n) is 2.97. The molecule has 1 aromatic rings. The van der Waals surface area contributed by atoms with E-state index in [1.165, 1.54) is 11.3 Å². The van der Waals surface area contributed by atoms with E-state index in [2.05, 4.69) is 37.2 Å². The number of nitrogens with one attached hydrogen (secondary N) is 1. The monoisotopic (exact) mass is 425 g/mol. The maximum absolute atomic E-state index is 11.9. The molecule has 112 valence electrons. The zero-order valence-electron chi connectivity index (χ0n) is 11.3. The van der Waals surface area contributed by atoms with Gasteiger partial charge >= 0.3 is 5.97 Å². The van der Waals surface area contributed by atoms with Crippen LogP contribution in [0.1, 0.15) is 42.8 Å². The second-order valence-electron chi connectivity index (χ2n) is 5.30. The number of thiophene rings is 1. The lowest BCUT2D eigenvalue weighted by molar-refractivity contribution is -0.137. The number of hydrogen-bond acceptors (Lipinski definition) is 3. The molecule has 1 heterocycles. The first-order valence-electron chi connectivity index (χ1n) is 6.16. The van der Waals surface area contributed by atoms with E-state index in [0.717, 1.165) is 14.7 Å². The van der Waals surface area contributed by atoms with E-state index >= 15 is 0 Å². The molecule has 0 aromatic carbocycles. The largest absolute Gasteiger partial charge is 0.481 e. The number of amides is 1. The van der Waals surface area contributed by atoms with Crippen LogP contribution in [0.2, 0.25) is 0 Å². The molecule has 0 radical (unpaired) electrons. The van der Waals surface area contributed by atoms with Gasteiger partial charge in [-0.15, -0.1) is 11.3 Å². The van der Waals surface area contributed by atoms with Crippen molar-refractivity contribution in [2.24, 2.45) is 5.41 Å². The normalized spacial score (nSPS) is 11.4. The van der Waals surface area contributed by atoms with Gasteiger partial charge in [0.15, 0.2) is 0 Å². The molecular weight excluding hydrogens is 410 g/mol. The summed E-state index contributed by atoms with van der Waals surface area (Å²) in [6.45, 7) is 4.57. The van der Waals surface area contributed by atoms with Gasteiger partial charge in [-0.05, 0) is 56.2 Å². The zero-order chi connectivity index (χ0) is 15.3. The molecule has 2 N–H and O–H groups in total. The molecule has 0 saturated carbocycles. The molecule has 20 heavy (non-hydrogen) atoms. The fraction of sp³-hybridized carbons (Fsp3) is 0.538. The number of aliphatic carboxylic acids is 1. The van der Waals surface area contributed by atoms with Gasteiger partial charge in [-0.1, -0.05) is 13.8 Å². The Hall–Kier alpha value is -0.400. The minimum Gasteiger partial charge on any atom is -0.481 e. The number of carboxylic acids is 1. The molecule has 4 nitrogen and oxygen atoms in total. The van der Waals surface area contributed by atoms with Gasteiger partial charge in [0.25, 0.3) is 5.91 Å². The van der Waals surface area contributed by atoms with Gasteiger partial charge in [-0.2, -0.15) is 0 Å². The molecule has 1 aromatic heterocycles. The van der Waals surface area contributed by atoms with Gasteiger partial charge in [0.05, 0.1) is 8.66 Å². The molecule has 1 amide bonds. The molecule has 1 rings (SSSR count). The lowest BCUT2D eigenvalue weighted by atomic mass is 9.84. The molecule has 0 bridgehead atoms. The van der Waals surface area contributed by atoms with E-state index in [-0.39, 0.29) is 17.7 Å². The Morgan fingerprint density at radius 3 is 2.50 bits per heavy atom. The SMILES string of the molecule is CC(C)(CCNC(=O)c1cc(Br)c(Br)s1)CCC(=O)O. The third-order valence-corrected chi connectivity index (χ3v) is 6.23. The van der Waals surface area contributed by atoms with E-state index in [9.17, 15) is 9.59 Å². The number of carbonyl (C=O) groups excluding carboxylic acids is 1. The summed E-state index contributed by atoms with van der Waals surface area (Å²) >= 11 is 8.08. The van der Waals surface area contributed by atoms with E-state index in [1.54, 1.807) is 6.07 Å². The minimum absolute atomic E-state index is 0.0950. The maximum Gasteiger partial charge on any atom is 0.303 e. The van der Waals surface area contributed by atoms with E-state index in [1.807, 2.05) is 13.8 Å². The molecule has 0 aliphatic heterocycles. The maximum atomic E-state index is 11.9. The quantitative estimate of drug-likeness (QED) is 0.683. The van der Waals surface area contributed by atoms with Crippen molar-refractivity contribution in [3.63, 3.8) is 0 Å². The van der Waals surface area contributed by atoms with Crippen molar-refractivity contribution in [2.45, 2.75) is 33.1 Å². The van der Waals surface area contributed by atoms with Gasteiger partial charge in [0, 0.05) is 17.4 Å². The molecule has 0 unspecified atom stereocenters. The van der Waals surface area contributed by atoms with Crippen molar-refractivity contribution < 1.29 is 14.7 Å². The van der Waals surface area contributed by atoms with E-state index < -0.39 is 5.97 Å². The van der Waals surface area contributed by atoms with Gasteiger partial charge in [0.1, 0.15) is 0 Å². The standard InChI is InChI=1S/C13H17Br2NO3S/c1-13(2,4-3-10(17)18)5-6-16-12(19)9-7-8(14)11(15)20-9/h7H,3-6H2,1-2H3,(H,16,19)(H,17,18). The summed E-state index contributed by atoms with van der Waals surface area (Å²) in [6, 6.07) is 1.78. The minimum atomic E-state index is -0.782. The van der Waals surface area contributed by atoms with Crippen LogP contribution in [0.3, 0.4) is 0 Å². The molecule has 7 heteroatoms. The van der Waals surface area contributed by atoms with Crippen LogP contribution in [0.25, 0.3) is 0 Å². The van der Waals surface area contributed by atoms with Crippen molar-refractivity contribution in [3.05, 3.63) is 19.2 Å². The van der Waals surface area contributed by atoms with E-state index in [0.29, 0.717) is 17.8 Å². The van der Waals surface area contributed by atoms with Crippen LogP contribution in [0.15, 0.2) is 14.3 Å². The first-order chi connectivity index (χ1) is 9.21. The van der Waals surface area contributed by atoms with Gasteiger partial charge < -0.3 is 10.4 Å². The molecule has 0 aliphatic rings. The predicted molar refractivity (Wildman–Crippen MR) is 87.3 cm³/mol. The van der Waals surface area contributed by atoms with Crippen molar-refractivity contribution in [1.29, 1.82) is 0 Å². The van der Waals surface area contributed by atoms with Crippen LogP contribution in [-0.4, -0.2) is 23.5 Å². The average Bonchev–Trinajstić information content (AvgIpc) is 2.67. The highest BCUT2D eigenvalue weighted by molar-refractivity contribution is 9.13. The van der Waals surface area contributed by atoms with Crippen LogP contribution in [0, 0.1) is 5.41 Å². The zero-order valence-corrected chi connectivity index (χ0v) is 15.3. The number of halogens is 2. The fourth-order valence-corrected chi connectivity index (χ4v) is 3.58. The Kier molecular flexibility index (Phi) is 6.68. The summed E-state index contributed by atoms with van der Waals surface area (Å²) in [6.07, 6.45) is 1.51. The number of rotatable bonds is 7. The molecule has 0 spiro atoms. The fourth-order valence-electron chi connectivity index (χ4n) is 1.63. The lowest BCUT2D eigenvalue weighted by Crippen LogP contribution is -2.27. The molecule has 0 saturated heterocycles. The Bertz CT molecular complexity index is 480. The first kappa shape index (κ1) is 17.7. The first-order valence-corrected chi connectivity index (χ1v) is 8.56. The van der Waals surface area contributed by atoms with Crippen molar-refractivity contribution >= 4 is 55.1 Å². The Morgan fingerprint density at radius 1 is 1.35 bits per heavy atom. The Morgan fingerprint density at radius 2 is 2.00 bits per heavy atom. The summed E-state index contributed by atoms with van der Waals surface area (Å²) in [5.74, 6) is -0.883. The topological polar surface area (TPSA) is 66.4 Å². The molecular formula is C13H17Br2NO3S. The second-order valence-corrected chi connectivity index (χ2v) is 8.52. The van der Waals surface area contributed by atoms with Crippen molar-refractivity contribution in [1.82, 2.24) is 5.32 Å². The summed E-state index contributed by atoms with van der Waals surface area (Å²) < 4.78 is 1.76. The average molecular weight is 427 g/mol. The molecule has 0 atom stereocenters. The smallest absolute Gasteiger partial charge is 0.303 e. The van der Waals surface area contributed by atoms with Gasteiger partial charge in [-0.25, -0.2) is 0 Å². The highest BCUT2D eigenvalue weighted by Gasteiger charge is 2.19. The number of carboxylic acid groups (broad SMARTS) is 1. The summed E-state index contributed by atoms with van der Waals surface area (Å²) in [7, 11) is 0. The number of carbonyl (C=O) groups is 2. The summed E-state index contributed by atoms with van der Waals surface area (Å²) in [4.78, 5) is 23.1. The van der Waals surface area contributed by atoms with Crippen LogP contribution in [-0.2, 0) is 4.79 Å². The highest BCUT2D eigenvalue weighted by atomic mass is 79.9. The van der Waals surface area contributed by atoms with Crippen LogP contribution >= 0.6 is 43.2 Å². The van der Waals surface area contributed by atoms with Crippen LogP contribution in [0.5, 0.6) is 0 Å². The van der Waals surface area contributed by atoms with Gasteiger partial charge in [-0.3, -0.25) is 9.59 Å². The predicted octanol–water partition coefficient (Wildman–Crippen LogP) is 4.28. The number of hydrogen-bond donors (Lipinski definition) is 2. The van der Waals surface area contributed by atoms with Crippen LogP contribution in [0.4, 0.5) is 0 Å². The van der Waals surface area contributed by atoms with Crippen molar-refractivity contribution in [2.75, 3.05) is 6.54 Å². The Balaban J connectivity index is 2.40. The van der Waals surface area contributed by atoms with Gasteiger partial charge in [0.2, 0.25) is 0 Å². The third kappa shape index (κ3) is 5.93. The highest BCUT2D eigenvalue weighted by Crippen LogP contribution is 2.32. The Labute approximate surface area is 139 Å². The lowest BCUT2D eigenvalue weighted by Gasteiger charge is -2.23. The molecule has 0 aliphatic carbocycles. The molecule has 0 fully saturated rings. The van der Waals surface area contributed by atoms with Crippen LogP contribution < -0.4 is 5.32 Å². The summed E-state index contributed by atoms with van der Waals surface area (Å²) in [5.41, 5.74) is -0.0950.